The predicted octanol–water partition coefficient (Wildman–Crippen LogP) is 5.72. The number of rotatable bonds is 6. The van der Waals surface area contributed by atoms with Gasteiger partial charge >= 0.3 is 0 Å². The van der Waals surface area contributed by atoms with Gasteiger partial charge in [-0.1, -0.05) is 31.0 Å². The molecule has 0 spiro atoms. The molecule has 0 saturated heterocycles. The van der Waals surface area contributed by atoms with Gasteiger partial charge in [-0.15, -0.1) is 22.7 Å². The lowest BCUT2D eigenvalue weighted by molar-refractivity contribution is 0.121. The van der Waals surface area contributed by atoms with Crippen molar-refractivity contribution in [3.8, 4) is 0 Å². The van der Waals surface area contributed by atoms with Gasteiger partial charge in [0.15, 0.2) is 0 Å². The molecule has 0 amide bonds. The van der Waals surface area contributed by atoms with E-state index in [0.717, 1.165) is 10.9 Å². The number of hydrogen-bond acceptors (Lipinski definition) is 3. The third-order valence-electron chi connectivity index (χ3n) is 4.55. The monoisotopic (exact) mass is 325 g/mol. The summed E-state index contributed by atoms with van der Waals surface area (Å²) in [5.74, 6) is 0. The molecule has 1 unspecified atom stereocenters. The second-order valence-electron chi connectivity index (χ2n) is 5.68. The molecule has 0 aromatic carbocycles. The van der Waals surface area contributed by atoms with Crippen LogP contribution in [0.5, 0.6) is 0 Å². The van der Waals surface area contributed by atoms with Gasteiger partial charge in [0.25, 0.3) is 0 Å². The molecule has 1 fully saturated rings. The smallest absolute Gasteiger partial charge is 0.0931 e. The van der Waals surface area contributed by atoms with Gasteiger partial charge in [0, 0.05) is 16.3 Å². The first-order valence-corrected chi connectivity index (χ1v) is 9.32. The van der Waals surface area contributed by atoms with Crippen LogP contribution in [-0.4, -0.2) is 6.54 Å². The summed E-state index contributed by atoms with van der Waals surface area (Å²) >= 11 is 9.62. The summed E-state index contributed by atoms with van der Waals surface area (Å²) in [7, 11) is 0. The fourth-order valence-corrected chi connectivity index (χ4v) is 4.98. The Labute approximate surface area is 134 Å². The highest BCUT2D eigenvalue weighted by Gasteiger charge is 2.35. The highest BCUT2D eigenvalue weighted by molar-refractivity contribution is 7.16. The predicted molar refractivity (Wildman–Crippen MR) is 90.1 cm³/mol. The van der Waals surface area contributed by atoms with Gasteiger partial charge in [0.1, 0.15) is 0 Å². The molecule has 0 bridgehead atoms. The minimum absolute atomic E-state index is 0.302. The van der Waals surface area contributed by atoms with Gasteiger partial charge in [0.05, 0.1) is 10.4 Å². The van der Waals surface area contributed by atoms with Gasteiger partial charge in [-0.05, 0) is 48.3 Å². The molecule has 20 heavy (non-hydrogen) atoms. The number of halogens is 1. The fraction of sp³-hybridized carbons (Fsp3) is 0.500. The molecule has 3 rings (SSSR count). The highest BCUT2D eigenvalue weighted by Crippen LogP contribution is 2.44. The molecule has 1 aliphatic carbocycles. The molecular formula is C16H20ClNS2. The van der Waals surface area contributed by atoms with E-state index >= 15 is 0 Å². The van der Waals surface area contributed by atoms with Crippen molar-refractivity contribution in [3.63, 3.8) is 0 Å². The molecule has 1 aliphatic rings. The molecular weight excluding hydrogens is 306 g/mol. The third-order valence-corrected chi connectivity index (χ3v) is 6.78. The van der Waals surface area contributed by atoms with E-state index in [4.69, 9.17) is 11.6 Å². The Kier molecular flexibility index (Phi) is 4.51. The summed E-state index contributed by atoms with van der Waals surface area (Å²) in [5.41, 5.74) is 0.538. The van der Waals surface area contributed by atoms with Crippen molar-refractivity contribution in [1.82, 2.24) is 5.32 Å². The van der Waals surface area contributed by atoms with Crippen molar-refractivity contribution in [1.29, 1.82) is 0 Å². The van der Waals surface area contributed by atoms with Crippen molar-refractivity contribution in [2.75, 3.05) is 6.54 Å². The lowest BCUT2D eigenvalue weighted by atomic mass is 9.67. The van der Waals surface area contributed by atoms with Crippen LogP contribution in [0.4, 0.5) is 0 Å². The van der Waals surface area contributed by atoms with Crippen LogP contribution in [0.2, 0.25) is 4.34 Å². The minimum Gasteiger partial charge on any atom is -0.304 e. The summed E-state index contributed by atoms with van der Waals surface area (Å²) in [5, 5.41) is 5.96. The van der Waals surface area contributed by atoms with Gasteiger partial charge in [0.2, 0.25) is 0 Å². The molecule has 1 atom stereocenters. The van der Waals surface area contributed by atoms with Gasteiger partial charge < -0.3 is 5.32 Å². The SMILES string of the molecule is CCC1(CNC(c2cccs2)c2ccc(Cl)s2)CCC1. The van der Waals surface area contributed by atoms with Crippen molar-refractivity contribution in [2.24, 2.45) is 5.41 Å². The van der Waals surface area contributed by atoms with Crippen LogP contribution >= 0.6 is 34.3 Å². The summed E-state index contributed by atoms with van der Waals surface area (Å²) < 4.78 is 0.872. The molecule has 0 aliphatic heterocycles. The lowest BCUT2D eigenvalue weighted by Gasteiger charge is -2.42. The molecule has 2 aromatic rings. The van der Waals surface area contributed by atoms with E-state index in [9.17, 15) is 0 Å². The highest BCUT2D eigenvalue weighted by atomic mass is 35.5. The Morgan fingerprint density at radius 2 is 2.15 bits per heavy atom. The number of hydrogen-bond donors (Lipinski definition) is 1. The van der Waals surface area contributed by atoms with Crippen LogP contribution in [-0.2, 0) is 0 Å². The van der Waals surface area contributed by atoms with Crippen LogP contribution in [0, 0.1) is 5.41 Å². The molecule has 2 heterocycles. The zero-order valence-corrected chi connectivity index (χ0v) is 14.1. The Morgan fingerprint density at radius 3 is 2.65 bits per heavy atom. The topological polar surface area (TPSA) is 12.0 Å². The van der Waals surface area contributed by atoms with E-state index in [-0.39, 0.29) is 0 Å². The summed E-state index contributed by atoms with van der Waals surface area (Å²) in [6.07, 6.45) is 5.42. The maximum Gasteiger partial charge on any atom is 0.0931 e. The van der Waals surface area contributed by atoms with Crippen molar-refractivity contribution < 1.29 is 0 Å². The molecule has 0 radical (unpaired) electrons. The maximum absolute atomic E-state index is 6.12. The minimum atomic E-state index is 0.302. The van der Waals surface area contributed by atoms with E-state index in [1.807, 2.05) is 17.4 Å². The molecule has 1 saturated carbocycles. The first-order chi connectivity index (χ1) is 9.72. The average molecular weight is 326 g/mol. The van der Waals surface area contributed by atoms with Crippen molar-refractivity contribution in [2.45, 2.75) is 38.6 Å². The van der Waals surface area contributed by atoms with Gasteiger partial charge in [-0.2, -0.15) is 0 Å². The molecule has 1 N–H and O–H groups in total. The van der Waals surface area contributed by atoms with Crippen LogP contribution < -0.4 is 5.32 Å². The average Bonchev–Trinajstić information content (AvgIpc) is 3.05. The largest absolute Gasteiger partial charge is 0.304 e. The van der Waals surface area contributed by atoms with Crippen LogP contribution in [0.15, 0.2) is 29.6 Å². The second-order valence-corrected chi connectivity index (χ2v) is 8.40. The molecule has 2 aromatic heterocycles. The summed E-state index contributed by atoms with van der Waals surface area (Å²) in [6, 6.07) is 8.81. The number of thiophene rings is 2. The van der Waals surface area contributed by atoms with Crippen LogP contribution in [0.3, 0.4) is 0 Å². The Balaban J connectivity index is 1.76. The zero-order valence-electron chi connectivity index (χ0n) is 11.7. The normalized spacial score (nSPS) is 18.7. The fourth-order valence-electron chi connectivity index (χ4n) is 2.93. The van der Waals surface area contributed by atoms with Crippen LogP contribution in [0.1, 0.15) is 48.4 Å². The van der Waals surface area contributed by atoms with E-state index in [1.165, 1.54) is 35.4 Å². The molecule has 4 heteroatoms. The third kappa shape index (κ3) is 2.96. The van der Waals surface area contributed by atoms with E-state index in [0.29, 0.717) is 11.5 Å². The van der Waals surface area contributed by atoms with Gasteiger partial charge in [-0.3, -0.25) is 0 Å². The standard InChI is InChI=1S/C16H20ClNS2/c1-2-16(8-4-9-16)11-18-15(12-5-3-10-19-12)13-6-7-14(17)20-13/h3,5-7,10,15,18H,2,4,8-9,11H2,1H3. The maximum atomic E-state index is 6.12. The Bertz CT molecular complexity index is 537. The van der Waals surface area contributed by atoms with Crippen LogP contribution in [0.25, 0.3) is 0 Å². The van der Waals surface area contributed by atoms with E-state index < -0.39 is 0 Å². The molecule has 108 valence electrons. The quantitative estimate of drug-likeness (QED) is 0.716. The van der Waals surface area contributed by atoms with Crippen molar-refractivity contribution >= 4 is 34.3 Å². The Hall–Kier alpha value is -0.350. The zero-order chi connectivity index (χ0) is 14.0. The lowest BCUT2D eigenvalue weighted by Crippen LogP contribution is -2.40. The van der Waals surface area contributed by atoms with E-state index in [1.54, 1.807) is 11.3 Å². The Morgan fingerprint density at radius 1 is 1.30 bits per heavy atom. The van der Waals surface area contributed by atoms with Crippen molar-refractivity contribution in [3.05, 3.63) is 43.7 Å². The number of nitrogens with one attached hydrogen (secondary N) is 1. The summed E-state index contributed by atoms with van der Waals surface area (Å²) in [4.78, 5) is 2.71. The molecule has 1 nitrogen and oxygen atoms in total. The second kappa shape index (κ2) is 6.18. The van der Waals surface area contributed by atoms with Gasteiger partial charge in [-0.25, -0.2) is 0 Å². The summed E-state index contributed by atoms with van der Waals surface area (Å²) in [6.45, 7) is 3.44. The first-order valence-electron chi connectivity index (χ1n) is 7.24. The van der Waals surface area contributed by atoms with E-state index in [2.05, 4.69) is 35.8 Å². The first kappa shape index (κ1) is 14.6.